The van der Waals surface area contributed by atoms with Gasteiger partial charge in [0, 0.05) is 49.5 Å². The third-order valence-electron chi connectivity index (χ3n) is 7.49. The van der Waals surface area contributed by atoms with Gasteiger partial charge >= 0.3 is 0 Å². The molecule has 0 saturated heterocycles. The number of nitrogens with zero attached hydrogens (tertiary/aromatic N) is 1. The predicted molar refractivity (Wildman–Crippen MR) is 150 cm³/mol. The highest BCUT2D eigenvalue weighted by molar-refractivity contribution is 6.03. The van der Waals surface area contributed by atoms with E-state index in [1.165, 1.54) is 13.0 Å². The average Bonchev–Trinajstić information content (AvgIpc) is 3.48. The van der Waals surface area contributed by atoms with Crippen LogP contribution in [0.4, 0.5) is 10.1 Å². The lowest BCUT2D eigenvalue weighted by atomic mass is 9.92. The van der Waals surface area contributed by atoms with Crippen LogP contribution in [0, 0.1) is 5.82 Å². The number of anilines is 1. The second-order valence-electron chi connectivity index (χ2n) is 11.7. The molecule has 0 radical (unpaired) electrons. The zero-order valence-electron chi connectivity index (χ0n) is 23.4. The molecule has 1 unspecified atom stereocenters. The molecule has 8 heteroatoms. The van der Waals surface area contributed by atoms with Gasteiger partial charge in [0.1, 0.15) is 5.82 Å². The van der Waals surface area contributed by atoms with Gasteiger partial charge in [0.15, 0.2) is 11.5 Å². The summed E-state index contributed by atoms with van der Waals surface area (Å²) >= 11 is 0. The SMILES string of the molecule is C/C=C/C1(C)Oc2ccc(C3(C(=O)Nc4cc5cc(C(C)(C)C)n(CCNC(C)=O)c5cc4F)CC3)cc2O1. The van der Waals surface area contributed by atoms with Crippen molar-refractivity contribution >= 4 is 28.4 Å². The Morgan fingerprint density at radius 2 is 1.82 bits per heavy atom. The van der Waals surface area contributed by atoms with Crippen LogP contribution in [-0.4, -0.2) is 28.7 Å². The lowest BCUT2D eigenvalue weighted by Gasteiger charge is -2.22. The number of rotatable bonds is 7. The normalized spacial score (nSPS) is 19.5. The van der Waals surface area contributed by atoms with Crippen LogP contribution in [-0.2, 0) is 27.0 Å². The fraction of sp³-hybridized carbons (Fsp3) is 0.419. The minimum Gasteiger partial charge on any atom is -0.445 e. The molecular weight excluding hydrogens is 497 g/mol. The van der Waals surface area contributed by atoms with Crippen molar-refractivity contribution in [3.8, 4) is 11.5 Å². The average molecular weight is 534 g/mol. The van der Waals surface area contributed by atoms with Crippen molar-refractivity contribution in [2.45, 2.75) is 77.5 Å². The highest BCUT2D eigenvalue weighted by Gasteiger charge is 2.52. The van der Waals surface area contributed by atoms with E-state index in [4.69, 9.17) is 9.47 Å². The van der Waals surface area contributed by atoms with Crippen molar-refractivity contribution in [3.63, 3.8) is 0 Å². The Balaban J connectivity index is 1.41. The lowest BCUT2D eigenvalue weighted by Crippen LogP contribution is -2.31. The maximum Gasteiger partial charge on any atom is 0.268 e. The van der Waals surface area contributed by atoms with Crippen molar-refractivity contribution in [1.82, 2.24) is 9.88 Å². The van der Waals surface area contributed by atoms with E-state index in [0.29, 0.717) is 37.4 Å². The molecule has 2 heterocycles. The molecule has 2 aliphatic rings. The van der Waals surface area contributed by atoms with Crippen molar-refractivity contribution in [2.75, 3.05) is 11.9 Å². The summed E-state index contributed by atoms with van der Waals surface area (Å²) in [7, 11) is 0. The highest BCUT2D eigenvalue weighted by atomic mass is 19.1. The molecule has 1 fully saturated rings. The van der Waals surface area contributed by atoms with E-state index >= 15 is 4.39 Å². The van der Waals surface area contributed by atoms with Gasteiger partial charge in [-0.3, -0.25) is 9.59 Å². The largest absolute Gasteiger partial charge is 0.445 e. The van der Waals surface area contributed by atoms with E-state index in [9.17, 15) is 9.59 Å². The first-order valence-corrected chi connectivity index (χ1v) is 13.4. The van der Waals surface area contributed by atoms with E-state index in [1.54, 1.807) is 6.07 Å². The van der Waals surface area contributed by atoms with Crippen LogP contribution in [0.2, 0.25) is 0 Å². The molecule has 39 heavy (non-hydrogen) atoms. The number of halogens is 1. The van der Waals surface area contributed by atoms with Gasteiger partial charge in [0.05, 0.1) is 16.6 Å². The molecule has 1 aliphatic carbocycles. The van der Waals surface area contributed by atoms with Gasteiger partial charge in [0.2, 0.25) is 11.8 Å². The molecule has 2 amide bonds. The number of carbonyl (C=O) groups excluding carboxylic acids is 2. The Bertz CT molecular complexity index is 1500. The summed E-state index contributed by atoms with van der Waals surface area (Å²) in [6, 6.07) is 10.8. The summed E-state index contributed by atoms with van der Waals surface area (Å²) in [4.78, 5) is 24.9. The number of ether oxygens (including phenoxy) is 2. The second-order valence-corrected chi connectivity index (χ2v) is 11.7. The molecule has 206 valence electrons. The fourth-order valence-corrected chi connectivity index (χ4v) is 5.40. The lowest BCUT2D eigenvalue weighted by molar-refractivity contribution is -0.119. The Kier molecular flexibility index (Phi) is 6.48. The van der Waals surface area contributed by atoms with Crippen LogP contribution in [0.3, 0.4) is 0 Å². The molecule has 0 spiro atoms. The first-order chi connectivity index (χ1) is 18.3. The molecule has 1 aliphatic heterocycles. The number of aromatic nitrogens is 1. The smallest absolute Gasteiger partial charge is 0.268 e. The molecule has 1 aromatic heterocycles. The van der Waals surface area contributed by atoms with Crippen LogP contribution in [0.15, 0.2) is 48.6 Å². The topological polar surface area (TPSA) is 81.6 Å². The zero-order chi connectivity index (χ0) is 28.2. The summed E-state index contributed by atoms with van der Waals surface area (Å²) in [5.41, 5.74) is 1.79. The van der Waals surface area contributed by atoms with Crippen LogP contribution < -0.4 is 20.1 Å². The molecule has 3 aromatic rings. The van der Waals surface area contributed by atoms with Crippen molar-refractivity contribution in [1.29, 1.82) is 0 Å². The van der Waals surface area contributed by atoms with Crippen molar-refractivity contribution in [3.05, 3.63) is 65.6 Å². The number of hydrogen-bond donors (Lipinski definition) is 2. The van der Waals surface area contributed by atoms with E-state index in [1.807, 2.05) is 54.8 Å². The fourth-order valence-electron chi connectivity index (χ4n) is 5.40. The summed E-state index contributed by atoms with van der Waals surface area (Å²) in [5, 5.41) is 6.51. The minimum absolute atomic E-state index is 0.108. The van der Waals surface area contributed by atoms with Crippen molar-refractivity contribution < 1.29 is 23.5 Å². The summed E-state index contributed by atoms with van der Waals surface area (Å²) < 4.78 is 29.4. The van der Waals surface area contributed by atoms with E-state index < -0.39 is 17.0 Å². The summed E-state index contributed by atoms with van der Waals surface area (Å²) in [5.74, 6) is -0.503. The third kappa shape index (κ3) is 5.00. The maximum absolute atomic E-state index is 15.4. The van der Waals surface area contributed by atoms with E-state index in [-0.39, 0.29) is 22.9 Å². The van der Waals surface area contributed by atoms with Gasteiger partial charge in [-0.05, 0) is 55.7 Å². The molecule has 5 rings (SSSR count). The predicted octanol–water partition coefficient (Wildman–Crippen LogP) is 5.95. The number of nitrogens with one attached hydrogen (secondary N) is 2. The maximum atomic E-state index is 15.4. The first-order valence-electron chi connectivity index (χ1n) is 13.4. The molecule has 2 N–H and O–H groups in total. The zero-order valence-corrected chi connectivity index (χ0v) is 23.4. The Morgan fingerprint density at radius 3 is 2.46 bits per heavy atom. The molecule has 7 nitrogen and oxygen atoms in total. The van der Waals surface area contributed by atoms with Gasteiger partial charge in [0.25, 0.3) is 5.79 Å². The molecule has 0 bridgehead atoms. The first kappa shape index (κ1) is 26.8. The molecule has 1 saturated carbocycles. The number of carbonyl (C=O) groups is 2. The number of fused-ring (bicyclic) bond motifs is 2. The van der Waals surface area contributed by atoms with Crippen LogP contribution in [0.25, 0.3) is 10.9 Å². The molecule has 2 aromatic carbocycles. The van der Waals surface area contributed by atoms with Gasteiger partial charge in [-0.25, -0.2) is 4.39 Å². The van der Waals surface area contributed by atoms with Gasteiger partial charge in [-0.1, -0.05) is 32.9 Å². The highest BCUT2D eigenvalue weighted by Crippen LogP contribution is 2.52. The number of allylic oxidation sites excluding steroid dienone is 1. The second kappa shape index (κ2) is 9.43. The van der Waals surface area contributed by atoms with Crippen molar-refractivity contribution in [2.24, 2.45) is 0 Å². The van der Waals surface area contributed by atoms with Crippen LogP contribution in [0.5, 0.6) is 11.5 Å². The van der Waals surface area contributed by atoms with E-state index in [0.717, 1.165) is 22.2 Å². The number of hydrogen-bond acceptors (Lipinski definition) is 4. The minimum atomic E-state index is -0.877. The summed E-state index contributed by atoms with van der Waals surface area (Å²) in [6.45, 7) is 12.5. The third-order valence-corrected chi connectivity index (χ3v) is 7.49. The Labute approximate surface area is 228 Å². The quantitative estimate of drug-likeness (QED) is 0.368. The Morgan fingerprint density at radius 1 is 1.10 bits per heavy atom. The number of amides is 2. The van der Waals surface area contributed by atoms with Crippen LogP contribution in [0.1, 0.15) is 65.6 Å². The van der Waals surface area contributed by atoms with Crippen LogP contribution >= 0.6 is 0 Å². The van der Waals surface area contributed by atoms with Gasteiger partial charge in [-0.2, -0.15) is 0 Å². The Hall–Kier alpha value is -3.81. The number of benzene rings is 2. The standard InChI is InChI=1S/C31H36FN3O4/c1-7-10-30(6)38-25-9-8-21(17-26(25)39-30)31(11-12-31)28(37)34-23-15-20-16-27(29(3,4)5)35(14-13-33-19(2)36)24(20)18-22(23)32/h7-10,15-18H,11-14H2,1-6H3,(H,33,36)(H,34,37)/b10-7+. The van der Waals surface area contributed by atoms with Gasteiger partial charge < -0.3 is 24.7 Å². The molecule has 1 atom stereocenters. The van der Waals surface area contributed by atoms with E-state index in [2.05, 4.69) is 31.4 Å². The monoisotopic (exact) mass is 533 g/mol. The van der Waals surface area contributed by atoms with Gasteiger partial charge in [-0.15, -0.1) is 0 Å². The molecular formula is C31H36FN3O4. The summed E-state index contributed by atoms with van der Waals surface area (Å²) in [6.07, 6.45) is 5.05.